The molecule has 3 rings (SSSR count). The summed E-state index contributed by atoms with van der Waals surface area (Å²) in [5, 5.41) is 6.95. The van der Waals surface area contributed by atoms with Gasteiger partial charge < -0.3 is 20.1 Å². The highest BCUT2D eigenvalue weighted by Gasteiger charge is 2.24. The summed E-state index contributed by atoms with van der Waals surface area (Å²) < 4.78 is 11.6. The lowest BCUT2D eigenvalue weighted by Crippen LogP contribution is -2.20. The fourth-order valence-corrected chi connectivity index (χ4v) is 4.35. The average molecular weight is 461 g/mol. The topological polar surface area (TPSA) is 93.7 Å². The first-order chi connectivity index (χ1) is 14.8. The highest BCUT2D eigenvalue weighted by atomic mass is 35.5. The zero-order valence-electron chi connectivity index (χ0n) is 17.2. The summed E-state index contributed by atoms with van der Waals surface area (Å²) in [6, 6.07) is 10.3. The molecule has 0 fully saturated rings. The highest BCUT2D eigenvalue weighted by molar-refractivity contribution is 7.24. The molecule has 0 aliphatic heterocycles. The Morgan fingerprint density at radius 2 is 1.77 bits per heavy atom. The lowest BCUT2D eigenvalue weighted by atomic mass is 10.1. The summed E-state index contributed by atoms with van der Waals surface area (Å²) in [6.07, 6.45) is 0. The molecule has 2 N–H and O–H groups in total. The largest absolute Gasteiger partial charge is 0.482 e. The number of aryl methyl sites for hydroxylation is 1. The molecule has 2 aromatic carbocycles. The van der Waals surface area contributed by atoms with E-state index < -0.39 is 5.97 Å². The number of benzene rings is 2. The molecule has 7 nitrogen and oxygen atoms in total. The predicted molar refractivity (Wildman–Crippen MR) is 122 cm³/mol. The van der Waals surface area contributed by atoms with E-state index in [9.17, 15) is 14.4 Å². The number of halogens is 1. The molecule has 0 atom stereocenters. The maximum absolute atomic E-state index is 12.5. The molecule has 0 radical (unpaired) electrons. The van der Waals surface area contributed by atoms with E-state index in [1.54, 1.807) is 43.3 Å². The molecule has 0 aliphatic carbocycles. The number of amides is 2. The molecular formula is C22H21ClN2O5S. The maximum Gasteiger partial charge on any atom is 0.341 e. The number of carbonyl (C=O) groups excluding carboxylic acids is 3. The van der Waals surface area contributed by atoms with Crippen LogP contribution in [0, 0.1) is 6.92 Å². The Balaban J connectivity index is 1.89. The number of ether oxygens (including phenoxy) is 2. The third-order valence-electron chi connectivity index (χ3n) is 4.25. The molecular weight excluding hydrogens is 440 g/mol. The standard InChI is InChI=1S/C22H21ClN2O5S/c1-4-29-22(28)18-16-10-5-12(2)19(20(16)31-21(18)24-13(3)26)30-11-17(27)25-15-8-6-14(23)7-9-15/h5-10H,4,11H2,1-3H3,(H,24,26)(H,25,27). The molecule has 0 bridgehead atoms. The summed E-state index contributed by atoms with van der Waals surface area (Å²) in [5.74, 6) is -0.717. The molecule has 9 heteroatoms. The molecule has 162 valence electrons. The van der Waals surface area contributed by atoms with E-state index in [-0.39, 0.29) is 30.6 Å². The fourth-order valence-electron chi connectivity index (χ4n) is 2.94. The van der Waals surface area contributed by atoms with Crippen molar-refractivity contribution in [2.24, 2.45) is 0 Å². The molecule has 3 aromatic rings. The van der Waals surface area contributed by atoms with Gasteiger partial charge in [-0.15, -0.1) is 11.3 Å². The van der Waals surface area contributed by atoms with Crippen LogP contribution < -0.4 is 15.4 Å². The Bertz CT molecular complexity index is 1140. The smallest absolute Gasteiger partial charge is 0.341 e. The lowest BCUT2D eigenvalue weighted by Gasteiger charge is -2.11. The number of hydrogen-bond acceptors (Lipinski definition) is 6. The van der Waals surface area contributed by atoms with Crippen LogP contribution in [0.25, 0.3) is 10.1 Å². The Labute approximate surface area is 188 Å². The molecule has 0 unspecified atom stereocenters. The number of hydrogen-bond donors (Lipinski definition) is 2. The van der Waals surface area contributed by atoms with Crippen LogP contribution >= 0.6 is 22.9 Å². The van der Waals surface area contributed by atoms with Gasteiger partial charge in [-0.1, -0.05) is 23.7 Å². The number of anilines is 2. The molecule has 31 heavy (non-hydrogen) atoms. The van der Waals surface area contributed by atoms with Crippen molar-refractivity contribution in [3.8, 4) is 5.75 Å². The first kappa shape index (κ1) is 22.6. The van der Waals surface area contributed by atoms with E-state index in [4.69, 9.17) is 21.1 Å². The van der Waals surface area contributed by atoms with Crippen LogP contribution in [0.4, 0.5) is 10.7 Å². The Morgan fingerprint density at radius 3 is 2.42 bits per heavy atom. The minimum atomic E-state index is -0.534. The van der Waals surface area contributed by atoms with Gasteiger partial charge in [0.15, 0.2) is 6.61 Å². The lowest BCUT2D eigenvalue weighted by molar-refractivity contribution is -0.118. The van der Waals surface area contributed by atoms with Gasteiger partial charge in [-0.2, -0.15) is 0 Å². The van der Waals surface area contributed by atoms with Crippen LogP contribution in [0.1, 0.15) is 29.8 Å². The summed E-state index contributed by atoms with van der Waals surface area (Å²) in [5.41, 5.74) is 1.66. The maximum atomic E-state index is 12.5. The van der Waals surface area contributed by atoms with Crippen molar-refractivity contribution in [1.29, 1.82) is 0 Å². The molecule has 0 spiro atoms. The quantitative estimate of drug-likeness (QED) is 0.483. The van der Waals surface area contributed by atoms with Crippen LogP contribution in [-0.2, 0) is 14.3 Å². The van der Waals surface area contributed by atoms with E-state index in [2.05, 4.69) is 10.6 Å². The van der Waals surface area contributed by atoms with Crippen molar-refractivity contribution >= 4 is 61.5 Å². The van der Waals surface area contributed by atoms with Crippen LogP contribution in [0.15, 0.2) is 36.4 Å². The van der Waals surface area contributed by atoms with Gasteiger partial charge in [-0.25, -0.2) is 4.79 Å². The molecule has 1 heterocycles. The molecule has 1 aromatic heterocycles. The second-order valence-electron chi connectivity index (χ2n) is 6.64. The first-order valence-corrected chi connectivity index (χ1v) is 10.7. The molecule has 0 saturated heterocycles. The Morgan fingerprint density at radius 1 is 1.06 bits per heavy atom. The SMILES string of the molecule is CCOC(=O)c1c(NC(C)=O)sc2c(OCC(=O)Nc3ccc(Cl)cc3)c(C)ccc12. The molecule has 0 saturated carbocycles. The van der Waals surface area contributed by atoms with E-state index in [1.807, 2.05) is 6.92 Å². The summed E-state index contributed by atoms with van der Waals surface area (Å²) >= 11 is 7.06. The average Bonchev–Trinajstić information content (AvgIpc) is 3.06. The predicted octanol–water partition coefficient (Wildman–Crippen LogP) is 5.02. The monoisotopic (exact) mass is 460 g/mol. The van der Waals surface area contributed by atoms with Gasteiger partial charge in [-0.3, -0.25) is 9.59 Å². The third-order valence-corrected chi connectivity index (χ3v) is 5.63. The van der Waals surface area contributed by atoms with Gasteiger partial charge in [0.25, 0.3) is 5.91 Å². The summed E-state index contributed by atoms with van der Waals surface area (Å²) in [4.78, 5) is 36.5. The summed E-state index contributed by atoms with van der Waals surface area (Å²) in [7, 11) is 0. The number of carbonyl (C=O) groups is 3. The van der Waals surface area contributed by atoms with Gasteiger partial charge in [0.1, 0.15) is 16.3 Å². The van der Waals surface area contributed by atoms with Crippen molar-refractivity contribution in [2.75, 3.05) is 23.8 Å². The van der Waals surface area contributed by atoms with Crippen LogP contribution in [0.5, 0.6) is 5.75 Å². The summed E-state index contributed by atoms with van der Waals surface area (Å²) in [6.45, 7) is 4.89. The number of esters is 1. The van der Waals surface area contributed by atoms with E-state index in [0.717, 1.165) is 5.56 Å². The van der Waals surface area contributed by atoms with E-state index >= 15 is 0 Å². The van der Waals surface area contributed by atoms with Gasteiger partial charge in [0, 0.05) is 23.0 Å². The van der Waals surface area contributed by atoms with Crippen molar-refractivity contribution < 1.29 is 23.9 Å². The van der Waals surface area contributed by atoms with Crippen molar-refractivity contribution in [3.63, 3.8) is 0 Å². The fraction of sp³-hybridized carbons (Fsp3) is 0.227. The number of fused-ring (bicyclic) bond motifs is 1. The van der Waals surface area contributed by atoms with Gasteiger partial charge in [0.05, 0.1) is 11.3 Å². The van der Waals surface area contributed by atoms with Crippen molar-refractivity contribution in [1.82, 2.24) is 0 Å². The number of rotatable bonds is 7. The van der Waals surface area contributed by atoms with Crippen molar-refractivity contribution in [2.45, 2.75) is 20.8 Å². The minimum absolute atomic E-state index is 0.204. The second kappa shape index (κ2) is 9.80. The zero-order chi connectivity index (χ0) is 22.5. The minimum Gasteiger partial charge on any atom is -0.482 e. The second-order valence-corrected chi connectivity index (χ2v) is 8.10. The highest BCUT2D eigenvalue weighted by Crippen LogP contribution is 2.42. The number of nitrogens with one attached hydrogen (secondary N) is 2. The van der Waals surface area contributed by atoms with Gasteiger partial charge >= 0.3 is 5.97 Å². The van der Waals surface area contributed by atoms with Crippen LogP contribution in [0.3, 0.4) is 0 Å². The van der Waals surface area contributed by atoms with Gasteiger partial charge in [-0.05, 0) is 43.7 Å². The normalized spacial score (nSPS) is 10.6. The zero-order valence-corrected chi connectivity index (χ0v) is 18.8. The number of thiophene rings is 1. The molecule has 2 amide bonds. The van der Waals surface area contributed by atoms with E-state index in [1.165, 1.54) is 18.3 Å². The van der Waals surface area contributed by atoms with Crippen molar-refractivity contribution in [3.05, 3.63) is 52.5 Å². The first-order valence-electron chi connectivity index (χ1n) is 9.49. The molecule has 0 aliphatic rings. The Kier molecular flexibility index (Phi) is 7.14. The van der Waals surface area contributed by atoms with Crippen LogP contribution in [-0.4, -0.2) is 31.0 Å². The van der Waals surface area contributed by atoms with E-state index in [0.29, 0.717) is 31.5 Å². The van der Waals surface area contributed by atoms with Crippen LogP contribution in [0.2, 0.25) is 5.02 Å². The van der Waals surface area contributed by atoms with Gasteiger partial charge in [0.2, 0.25) is 5.91 Å². The third kappa shape index (κ3) is 5.34. The Hall–Kier alpha value is -3.10.